The minimum Gasteiger partial charge on any atom is -0.463 e. The first-order chi connectivity index (χ1) is 16.0. The fourth-order valence-corrected chi connectivity index (χ4v) is 2.81. The quantitative estimate of drug-likeness (QED) is 0.197. The van der Waals surface area contributed by atoms with Gasteiger partial charge in [-0.3, -0.25) is 5.32 Å². The van der Waals surface area contributed by atoms with E-state index in [2.05, 4.69) is 14.2 Å². The molecule has 0 aliphatic carbocycles. The van der Waals surface area contributed by atoms with Crippen molar-refractivity contribution in [1.29, 1.82) is 0 Å². The Kier molecular flexibility index (Phi) is 9.37. The smallest absolute Gasteiger partial charge is 0.442 e. The highest BCUT2D eigenvalue weighted by Crippen LogP contribution is 2.42. The van der Waals surface area contributed by atoms with Gasteiger partial charge in [0.25, 0.3) is 5.60 Å². The van der Waals surface area contributed by atoms with Crippen molar-refractivity contribution in [2.75, 3.05) is 25.1 Å². The van der Waals surface area contributed by atoms with Crippen LogP contribution < -0.4 is 10.6 Å². The van der Waals surface area contributed by atoms with E-state index in [4.69, 9.17) is 0 Å². The molecule has 9 nitrogen and oxygen atoms in total. The Hall–Kier alpha value is -3.23. The molecule has 0 saturated heterocycles. The number of ether oxygens (including phenoxy) is 3. The molecule has 1 aromatic carbocycles. The number of alkyl carbamates (subject to hydrolysis) is 1. The van der Waals surface area contributed by atoms with E-state index < -0.39 is 66.1 Å². The molecule has 1 amide bonds. The van der Waals surface area contributed by atoms with E-state index in [0.717, 1.165) is 6.92 Å². The second kappa shape index (κ2) is 11.0. The normalized spacial score (nSPS) is 15.3. The molecular weight excluding hydrogens is 494 g/mol. The first kappa shape index (κ1) is 29.8. The molecule has 0 bridgehead atoms. The van der Waals surface area contributed by atoms with Gasteiger partial charge in [-0.15, -0.1) is 0 Å². The zero-order chi connectivity index (χ0) is 27.2. The van der Waals surface area contributed by atoms with E-state index in [0.29, 0.717) is 18.2 Å². The van der Waals surface area contributed by atoms with Crippen LogP contribution in [0, 0.1) is 6.92 Å². The number of esters is 2. The summed E-state index contributed by atoms with van der Waals surface area (Å²) in [5.41, 5.74) is -10.1. The van der Waals surface area contributed by atoms with E-state index in [1.165, 1.54) is 26.1 Å². The molecule has 0 heterocycles. The summed E-state index contributed by atoms with van der Waals surface area (Å²) < 4.78 is 96.3. The Bertz CT molecular complexity index is 938. The summed E-state index contributed by atoms with van der Waals surface area (Å²) in [5.74, 6) is -4.03. The third-order valence-electron chi connectivity index (χ3n) is 4.52. The van der Waals surface area contributed by atoms with Gasteiger partial charge in [0.05, 0.1) is 19.8 Å². The predicted molar refractivity (Wildman–Crippen MR) is 107 cm³/mol. The SMILES string of the molecule is CCOC(=O)NC(Nc1ccc(C(O)(C(=O)OCC)C(F)(F)F)cc1C)(C(=O)OCC)C(F)(F)F. The number of hydrogen-bond acceptors (Lipinski definition) is 8. The number of aliphatic hydroxyl groups is 1. The monoisotopic (exact) mass is 518 g/mol. The molecule has 1 rings (SSSR count). The maximum atomic E-state index is 14.1. The number of anilines is 1. The highest BCUT2D eigenvalue weighted by molar-refractivity contribution is 5.90. The highest BCUT2D eigenvalue weighted by atomic mass is 19.4. The second-order valence-corrected chi connectivity index (χ2v) is 6.90. The average Bonchev–Trinajstić information content (AvgIpc) is 2.72. The molecule has 198 valence electrons. The minimum absolute atomic E-state index is 0.347. The fraction of sp³-hybridized carbons (Fsp3) is 0.550. The fourth-order valence-electron chi connectivity index (χ4n) is 2.81. The molecule has 0 spiro atoms. The molecule has 2 unspecified atom stereocenters. The van der Waals surface area contributed by atoms with E-state index in [1.807, 2.05) is 0 Å². The van der Waals surface area contributed by atoms with Gasteiger partial charge >= 0.3 is 36.0 Å². The van der Waals surface area contributed by atoms with Crippen LogP contribution in [0.1, 0.15) is 31.9 Å². The molecule has 2 atom stereocenters. The number of amides is 1. The number of carbonyl (C=O) groups is 3. The van der Waals surface area contributed by atoms with Crippen molar-refractivity contribution in [1.82, 2.24) is 5.32 Å². The van der Waals surface area contributed by atoms with Crippen LogP contribution in [0.3, 0.4) is 0 Å². The molecular formula is C20H24F6N2O7. The van der Waals surface area contributed by atoms with Crippen LogP contribution in [0.15, 0.2) is 18.2 Å². The summed E-state index contributed by atoms with van der Waals surface area (Å²) in [6.07, 6.45) is -12.7. The van der Waals surface area contributed by atoms with Gasteiger partial charge in [0.2, 0.25) is 0 Å². The maximum Gasteiger partial charge on any atom is 0.442 e. The van der Waals surface area contributed by atoms with Crippen molar-refractivity contribution in [3.8, 4) is 0 Å². The molecule has 0 aromatic heterocycles. The lowest BCUT2D eigenvalue weighted by molar-refractivity contribution is -0.267. The summed E-state index contributed by atoms with van der Waals surface area (Å²) in [5, 5.41) is 13.3. The number of alkyl halides is 6. The Morgan fingerprint density at radius 1 is 0.857 bits per heavy atom. The summed E-state index contributed by atoms with van der Waals surface area (Å²) in [7, 11) is 0. The van der Waals surface area contributed by atoms with Crippen LogP contribution in [-0.2, 0) is 29.4 Å². The van der Waals surface area contributed by atoms with Gasteiger partial charge in [-0.1, -0.05) is 12.1 Å². The van der Waals surface area contributed by atoms with Crippen molar-refractivity contribution < 1.29 is 60.0 Å². The van der Waals surface area contributed by atoms with Gasteiger partial charge in [-0.25, -0.2) is 14.4 Å². The van der Waals surface area contributed by atoms with Gasteiger partial charge in [0, 0.05) is 11.3 Å². The zero-order valence-corrected chi connectivity index (χ0v) is 19.0. The van der Waals surface area contributed by atoms with Gasteiger partial charge < -0.3 is 24.6 Å². The van der Waals surface area contributed by atoms with Crippen molar-refractivity contribution >= 4 is 23.7 Å². The molecule has 1 aromatic rings. The average molecular weight is 518 g/mol. The van der Waals surface area contributed by atoms with Crippen molar-refractivity contribution in [2.45, 2.75) is 51.3 Å². The molecule has 0 aliphatic heterocycles. The second-order valence-electron chi connectivity index (χ2n) is 6.90. The topological polar surface area (TPSA) is 123 Å². The predicted octanol–water partition coefficient (Wildman–Crippen LogP) is 3.29. The molecule has 0 radical (unpaired) electrons. The molecule has 0 saturated carbocycles. The largest absolute Gasteiger partial charge is 0.463 e. The lowest BCUT2D eigenvalue weighted by Crippen LogP contribution is -2.69. The number of nitrogens with one attached hydrogen (secondary N) is 2. The van der Waals surface area contributed by atoms with E-state index in [1.54, 1.807) is 5.32 Å². The van der Waals surface area contributed by atoms with Gasteiger partial charge in [-0.2, -0.15) is 26.3 Å². The number of aryl methyl sites for hydroxylation is 1. The van der Waals surface area contributed by atoms with Crippen molar-refractivity contribution in [3.05, 3.63) is 29.3 Å². The summed E-state index contributed by atoms with van der Waals surface area (Å²) in [6, 6.07) is 1.73. The maximum absolute atomic E-state index is 14.1. The molecule has 0 fully saturated rings. The third kappa shape index (κ3) is 6.07. The number of benzene rings is 1. The summed E-state index contributed by atoms with van der Waals surface area (Å²) >= 11 is 0. The Morgan fingerprint density at radius 2 is 1.37 bits per heavy atom. The van der Waals surface area contributed by atoms with Crippen LogP contribution in [0.5, 0.6) is 0 Å². The molecule has 15 heteroatoms. The van der Waals surface area contributed by atoms with Gasteiger partial charge in [-0.05, 0) is 39.3 Å². The number of halogens is 6. The Morgan fingerprint density at radius 3 is 1.80 bits per heavy atom. The van der Waals surface area contributed by atoms with Gasteiger partial charge in [0.15, 0.2) is 0 Å². The van der Waals surface area contributed by atoms with E-state index in [9.17, 15) is 45.8 Å². The zero-order valence-electron chi connectivity index (χ0n) is 19.0. The highest BCUT2D eigenvalue weighted by Gasteiger charge is 2.65. The Labute approximate surface area is 195 Å². The van der Waals surface area contributed by atoms with Crippen LogP contribution in [0.25, 0.3) is 0 Å². The van der Waals surface area contributed by atoms with Crippen LogP contribution in [0.2, 0.25) is 0 Å². The van der Waals surface area contributed by atoms with Crippen LogP contribution >= 0.6 is 0 Å². The third-order valence-corrected chi connectivity index (χ3v) is 4.52. The first-order valence-corrected chi connectivity index (χ1v) is 10.1. The first-order valence-electron chi connectivity index (χ1n) is 10.1. The van der Waals surface area contributed by atoms with Crippen LogP contribution in [0.4, 0.5) is 36.8 Å². The summed E-state index contributed by atoms with van der Waals surface area (Å²) in [6.45, 7) is 3.37. The Balaban J connectivity index is 3.65. The number of rotatable bonds is 9. The number of carbonyl (C=O) groups excluding carboxylic acids is 3. The molecule has 3 N–H and O–H groups in total. The lowest BCUT2D eigenvalue weighted by atomic mass is 9.91. The van der Waals surface area contributed by atoms with E-state index >= 15 is 0 Å². The van der Waals surface area contributed by atoms with Crippen molar-refractivity contribution in [3.63, 3.8) is 0 Å². The van der Waals surface area contributed by atoms with Crippen molar-refractivity contribution in [2.24, 2.45) is 0 Å². The molecule has 0 aliphatic rings. The summed E-state index contributed by atoms with van der Waals surface area (Å²) in [4.78, 5) is 36.1. The van der Waals surface area contributed by atoms with Crippen LogP contribution in [-0.4, -0.2) is 61.0 Å². The standard InChI is InChI=1S/C20H24F6N2O7/c1-5-33-14(29)17(32,19(21,22)23)12-8-9-13(11(4)10-12)27-18(20(24,25)26,15(30)34-6-2)28-16(31)35-7-3/h8-10,27,32H,5-7H2,1-4H3,(H,28,31). The van der Waals surface area contributed by atoms with Gasteiger partial charge in [0.1, 0.15) is 0 Å². The lowest BCUT2D eigenvalue weighted by Gasteiger charge is -2.35. The molecule has 35 heavy (non-hydrogen) atoms. The number of hydrogen-bond donors (Lipinski definition) is 3. The van der Waals surface area contributed by atoms with E-state index in [-0.39, 0.29) is 12.2 Å². The minimum atomic E-state index is -5.55.